The summed E-state index contributed by atoms with van der Waals surface area (Å²) in [5, 5.41) is 10.4. The molecule has 1 unspecified atom stereocenters. The smallest absolute Gasteiger partial charge is 0.216 e. The van der Waals surface area contributed by atoms with Crippen LogP contribution in [0.1, 0.15) is 32.1 Å². The molecule has 0 amide bonds. The quantitative estimate of drug-likeness (QED) is 0.359. The highest BCUT2D eigenvalue weighted by Gasteiger charge is 2.31. The third-order valence-electron chi connectivity index (χ3n) is 2.82. The van der Waals surface area contributed by atoms with Crippen LogP contribution in [0, 0.1) is 16.0 Å². The van der Waals surface area contributed by atoms with Crippen molar-refractivity contribution in [1.82, 2.24) is 0 Å². The summed E-state index contributed by atoms with van der Waals surface area (Å²) in [6.07, 6.45) is 7.13. The van der Waals surface area contributed by atoms with Crippen LogP contribution in [-0.2, 0) is 0 Å². The lowest BCUT2D eigenvalue weighted by Gasteiger charge is -2.15. The minimum Gasteiger partial charge on any atom is -0.264 e. The SMILES string of the molecule is O=[N+]([O-])C1CC=C(C2CC2)CC1. The fourth-order valence-electron chi connectivity index (χ4n) is 1.86. The molecule has 1 atom stereocenters. The first-order chi connectivity index (χ1) is 5.77. The molecule has 12 heavy (non-hydrogen) atoms. The van der Waals surface area contributed by atoms with E-state index in [0.717, 1.165) is 18.8 Å². The largest absolute Gasteiger partial charge is 0.264 e. The zero-order chi connectivity index (χ0) is 8.55. The summed E-state index contributed by atoms with van der Waals surface area (Å²) in [6, 6.07) is -0.299. The Morgan fingerprint density at radius 1 is 1.42 bits per heavy atom. The van der Waals surface area contributed by atoms with E-state index in [4.69, 9.17) is 0 Å². The van der Waals surface area contributed by atoms with Crippen LogP contribution in [0.3, 0.4) is 0 Å². The van der Waals surface area contributed by atoms with Crippen LogP contribution in [0.5, 0.6) is 0 Å². The number of hydrogen-bond donors (Lipinski definition) is 0. The number of nitrogens with zero attached hydrogens (tertiary/aromatic N) is 1. The van der Waals surface area contributed by atoms with Gasteiger partial charge in [-0.2, -0.15) is 0 Å². The maximum absolute atomic E-state index is 10.4. The summed E-state index contributed by atoms with van der Waals surface area (Å²) < 4.78 is 0. The van der Waals surface area contributed by atoms with Crippen LogP contribution in [0.15, 0.2) is 11.6 Å². The Morgan fingerprint density at radius 2 is 2.17 bits per heavy atom. The lowest BCUT2D eigenvalue weighted by Crippen LogP contribution is -2.21. The Hall–Kier alpha value is -0.860. The van der Waals surface area contributed by atoms with Gasteiger partial charge in [-0.15, -0.1) is 0 Å². The Balaban J connectivity index is 1.94. The summed E-state index contributed by atoms with van der Waals surface area (Å²) in [7, 11) is 0. The molecule has 0 aliphatic heterocycles. The zero-order valence-electron chi connectivity index (χ0n) is 7.03. The van der Waals surface area contributed by atoms with Crippen molar-refractivity contribution in [2.75, 3.05) is 0 Å². The lowest BCUT2D eigenvalue weighted by molar-refractivity contribution is -0.523. The van der Waals surface area contributed by atoms with E-state index in [2.05, 4.69) is 6.08 Å². The molecule has 3 nitrogen and oxygen atoms in total. The normalized spacial score (nSPS) is 29.7. The van der Waals surface area contributed by atoms with Crippen LogP contribution in [0.25, 0.3) is 0 Å². The maximum Gasteiger partial charge on any atom is 0.216 e. The van der Waals surface area contributed by atoms with Crippen molar-refractivity contribution in [3.63, 3.8) is 0 Å². The van der Waals surface area contributed by atoms with Crippen LogP contribution in [0.2, 0.25) is 0 Å². The van der Waals surface area contributed by atoms with E-state index in [9.17, 15) is 10.1 Å². The number of allylic oxidation sites excluding steroid dienone is 1. The molecule has 0 N–H and O–H groups in total. The highest BCUT2D eigenvalue weighted by Crippen LogP contribution is 2.40. The van der Waals surface area contributed by atoms with Crippen molar-refractivity contribution in [3.05, 3.63) is 21.8 Å². The van der Waals surface area contributed by atoms with E-state index in [1.165, 1.54) is 18.4 Å². The highest BCUT2D eigenvalue weighted by molar-refractivity contribution is 5.15. The molecular weight excluding hydrogens is 154 g/mol. The summed E-state index contributed by atoms with van der Waals surface area (Å²) in [6.45, 7) is 0. The number of hydrogen-bond acceptors (Lipinski definition) is 2. The minimum absolute atomic E-state index is 0.139. The molecule has 0 saturated heterocycles. The second-order valence-corrected chi connectivity index (χ2v) is 3.77. The molecule has 0 bridgehead atoms. The van der Waals surface area contributed by atoms with Crippen molar-refractivity contribution >= 4 is 0 Å². The van der Waals surface area contributed by atoms with Crippen molar-refractivity contribution < 1.29 is 4.92 Å². The molecule has 1 fully saturated rings. The standard InChI is InChI=1S/C9H13NO2/c11-10(12)9-5-3-8(4-6-9)7-1-2-7/h3,7,9H,1-2,4-6H2. The van der Waals surface area contributed by atoms with Gasteiger partial charge < -0.3 is 0 Å². The second-order valence-electron chi connectivity index (χ2n) is 3.77. The van der Waals surface area contributed by atoms with Crippen LogP contribution >= 0.6 is 0 Å². The zero-order valence-corrected chi connectivity index (χ0v) is 7.03. The predicted octanol–water partition coefficient (Wildman–Crippen LogP) is 2.15. The number of nitro groups is 1. The monoisotopic (exact) mass is 167 g/mol. The van der Waals surface area contributed by atoms with Gasteiger partial charge in [0.1, 0.15) is 0 Å². The fraction of sp³-hybridized carbons (Fsp3) is 0.778. The van der Waals surface area contributed by atoms with E-state index in [1.54, 1.807) is 0 Å². The van der Waals surface area contributed by atoms with E-state index in [-0.39, 0.29) is 11.0 Å². The van der Waals surface area contributed by atoms with Gasteiger partial charge in [0, 0.05) is 17.8 Å². The lowest BCUT2D eigenvalue weighted by atomic mass is 9.93. The third kappa shape index (κ3) is 1.49. The molecule has 0 aromatic rings. The first-order valence-electron chi connectivity index (χ1n) is 4.60. The molecule has 0 spiro atoms. The molecule has 0 aromatic carbocycles. The van der Waals surface area contributed by atoms with E-state index in [1.807, 2.05) is 0 Å². The van der Waals surface area contributed by atoms with Gasteiger partial charge in [-0.3, -0.25) is 10.1 Å². The van der Waals surface area contributed by atoms with Gasteiger partial charge >= 0.3 is 0 Å². The molecule has 66 valence electrons. The van der Waals surface area contributed by atoms with Gasteiger partial charge in [-0.05, 0) is 25.2 Å². The van der Waals surface area contributed by atoms with Crippen molar-refractivity contribution in [1.29, 1.82) is 0 Å². The maximum atomic E-state index is 10.4. The molecule has 1 saturated carbocycles. The summed E-state index contributed by atoms with van der Waals surface area (Å²) in [4.78, 5) is 10.3. The summed E-state index contributed by atoms with van der Waals surface area (Å²) in [5.74, 6) is 0.803. The fourth-order valence-corrected chi connectivity index (χ4v) is 1.86. The Morgan fingerprint density at radius 3 is 2.58 bits per heavy atom. The van der Waals surface area contributed by atoms with Gasteiger partial charge in [-0.1, -0.05) is 11.6 Å². The van der Waals surface area contributed by atoms with Crippen molar-refractivity contribution in [2.45, 2.75) is 38.1 Å². The third-order valence-corrected chi connectivity index (χ3v) is 2.82. The predicted molar refractivity (Wildman–Crippen MR) is 45.4 cm³/mol. The van der Waals surface area contributed by atoms with Gasteiger partial charge in [0.2, 0.25) is 6.04 Å². The Bertz CT molecular complexity index is 231. The molecule has 0 radical (unpaired) electrons. The van der Waals surface area contributed by atoms with E-state index >= 15 is 0 Å². The van der Waals surface area contributed by atoms with Gasteiger partial charge in [0.05, 0.1) is 0 Å². The first-order valence-corrected chi connectivity index (χ1v) is 4.60. The van der Waals surface area contributed by atoms with Gasteiger partial charge in [0.15, 0.2) is 0 Å². The average Bonchev–Trinajstić information content (AvgIpc) is 2.87. The number of rotatable bonds is 2. The van der Waals surface area contributed by atoms with Crippen LogP contribution in [0.4, 0.5) is 0 Å². The van der Waals surface area contributed by atoms with Crippen LogP contribution in [-0.4, -0.2) is 11.0 Å². The topological polar surface area (TPSA) is 43.1 Å². The molecule has 2 aliphatic carbocycles. The van der Waals surface area contributed by atoms with E-state index < -0.39 is 0 Å². The second kappa shape index (κ2) is 2.88. The van der Waals surface area contributed by atoms with E-state index in [0.29, 0.717) is 6.42 Å². The molecule has 2 aliphatic rings. The molecule has 3 heteroatoms. The van der Waals surface area contributed by atoms with Crippen molar-refractivity contribution in [2.24, 2.45) is 5.92 Å². The highest BCUT2D eigenvalue weighted by atomic mass is 16.6. The van der Waals surface area contributed by atoms with Crippen LogP contribution < -0.4 is 0 Å². The Labute approximate surface area is 71.6 Å². The van der Waals surface area contributed by atoms with Gasteiger partial charge in [0.25, 0.3) is 0 Å². The molecule has 0 heterocycles. The molecular formula is C9H13NO2. The minimum atomic E-state index is -0.299. The van der Waals surface area contributed by atoms with Gasteiger partial charge in [-0.25, -0.2) is 0 Å². The Kier molecular flexibility index (Phi) is 1.87. The molecule has 0 aromatic heterocycles. The average molecular weight is 167 g/mol. The van der Waals surface area contributed by atoms with Crippen molar-refractivity contribution in [3.8, 4) is 0 Å². The molecule has 2 rings (SSSR count). The first kappa shape index (κ1) is 7.77. The summed E-state index contributed by atoms with van der Waals surface area (Å²) >= 11 is 0. The summed E-state index contributed by atoms with van der Waals surface area (Å²) in [5.41, 5.74) is 1.49.